The summed E-state index contributed by atoms with van der Waals surface area (Å²) < 4.78 is 17.8. The second kappa shape index (κ2) is 6.58. The van der Waals surface area contributed by atoms with Gasteiger partial charge >= 0.3 is 0 Å². The molecule has 0 saturated carbocycles. The SMILES string of the molecule is CCC(CN)Nc1nc(Cc2ccccc2F)ns1. The first-order chi connectivity index (χ1) is 9.22. The van der Waals surface area contributed by atoms with Crippen LogP contribution in [0.25, 0.3) is 0 Å². The van der Waals surface area contributed by atoms with Crippen LogP contribution in [0, 0.1) is 5.82 Å². The quantitative estimate of drug-likeness (QED) is 0.853. The number of aromatic nitrogens is 2. The van der Waals surface area contributed by atoms with Crippen LogP contribution in [0.1, 0.15) is 24.7 Å². The van der Waals surface area contributed by atoms with E-state index in [1.165, 1.54) is 17.6 Å². The van der Waals surface area contributed by atoms with Crippen molar-refractivity contribution in [2.75, 3.05) is 11.9 Å². The number of hydrogen-bond acceptors (Lipinski definition) is 5. The summed E-state index contributed by atoms with van der Waals surface area (Å²) in [7, 11) is 0. The number of nitrogens with zero attached hydrogens (tertiary/aromatic N) is 2. The first-order valence-corrected chi connectivity index (χ1v) is 7.02. The first-order valence-electron chi connectivity index (χ1n) is 6.25. The van der Waals surface area contributed by atoms with E-state index in [2.05, 4.69) is 21.6 Å². The second-order valence-corrected chi connectivity index (χ2v) is 5.02. The topological polar surface area (TPSA) is 63.8 Å². The lowest BCUT2D eigenvalue weighted by Crippen LogP contribution is -2.27. The third-order valence-electron chi connectivity index (χ3n) is 2.88. The van der Waals surface area contributed by atoms with E-state index in [0.29, 0.717) is 24.4 Å². The standard InChI is InChI=1S/C13H17FN4S/c1-2-10(8-15)16-13-17-12(18-19-13)7-9-5-3-4-6-11(9)14/h3-6,10H,2,7-8,15H2,1H3,(H,16,17,18). The fourth-order valence-electron chi connectivity index (χ4n) is 1.70. The Hall–Kier alpha value is -1.53. The Morgan fingerprint density at radius 3 is 2.89 bits per heavy atom. The average Bonchev–Trinajstić information content (AvgIpc) is 2.86. The van der Waals surface area contributed by atoms with Crippen molar-refractivity contribution in [3.8, 4) is 0 Å². The van der Waals surface area contributed by atoms with Gasteiger partial charge in [0.2, 0.25) is 5.13 Å². The van der Waals surface area contributed by atoms with Gasteiger partial charge in [0.05, 0.1) is 0 Å². The van der Waals surface area contributed by atoms with Crippen LogP contribution in [0.5, 0.6) is 0 Å². The first kappa shape index (κ1) is 13.9. The van der Waals surface area contributed by atoms with Crippen LogP contribution in [0.3, 0.4) is 0 Å². The molecule has 1 atom stereocenters. The molecule has 3 N–H and O–H groups in total. The molecule has 0 aliphatic heterocycles. The van der Waals surface area contributed by atoms with E-state index < -0.39 is 0 Å². The molecule has 2 aromatic rings. The summed E-state index contributed by atoms with van der Waals surface area (Å²) in [5.41, 5.74) is 6.23. The van der Waals surface area contributed by atoms with Crippen LogP contribution >= 0.6 is 11.5 Å². The molecule has 1 aromatic carbocycles. The molecule has 0 fully saturated rings. The zero-order valence-corrected chi connectivity index (χ0v) is 11.6. The minimum Gasteiger partial charge on any atom is -0.356 e. The smallest absolute Gasteiger partial charge is 0.202 e. The van der Waals surface area contributed by atoms with Gasteiger partial charge in [0.15, 0.2) is 0 Å². The highest BCUT2D eigenvalue weighted by Crippen LogP contribution is 2.17. The van der Waals surface area contributed by atoms with Crippen molar-refractivity contribution in [3.05, 3.63) is 41.5 Å². The van der Waals surface area contributed by atoms with E-state index in [1.807, 2.05) is 6.07 Å². The Morgan fingerprint density at radius 1 is 1.42 bits per heavy atom. The second-order valence-electron chi connectivity index (χ2n) is 4.27. The molecule has 102 valence electrons. The molecule has 0 radical (unpaired) electrons. The zero-order valence-electron chi connectivity index (χ0n) is 10.8. The highest BCUT2D eigenvalue weighted by molar-refractivity contribution is 7.09. The van der Waals surface area contributed by atoms with Crippen molar-refractivity contribution >= 4 is 16.7 Å². The maximum absolute atomic E-state index is 13.5. The summed E-state index contributed by atoms with van der Waals surface area (Å²) >= 11 is 1.28. The van der Waals surface area contributed by atoms with Gasteiger partial charge in [-0.25, -0.2) is 9.37 Å². The molecule has 0 aliphatic carbocycles. The third kappa shape index (κ3) is 3.71. The van der Waals surface area contributed by atoms with Crippen LogP contribution in [0.15, 0.2) is 24.3 Å². The Morgan fingerprint density at radius 2 is 2.21 bits per heavy atom. The number of nitrogens with one attached hydrogen (secondary N) is 1. The molecular weight excluding hydrogens is 263 g/mol. The number of rotatable bonds is 6. The van der Waals surface area contributed by atoms with E-state index in [9.17, 15) is 4.39 Å². The van der Waals surface area contributed by atoms with Crippen molar-refractivity contribution in [1.29, 1.82) is 0 Å². The number of benzene rings is 1. The van der Waals surface area contributed by atoms with Gasteiger partial charge in [-0.2, -0.15) is 4.37 Å². The molecule has 2 rings (SSSR count). The molecule has 19 heavy (non-hydrogen) atoms. The lowest BCUT2D eigenvalue weighted by molar-refractivity contribution is 0.612. The van der Waals surface area contributed by atoms with Crippen molar-refractivity contribution < 1.29 is 4.39 Å². The number of hydrogen-bond donors (Lipinski definition) is 2. The number of nitrogens with two attached hydrogens (primary N) is 1. The van der Waals surface area contributed by atoms with E-state index in [0.717, 1.165) is 11.6 Å². The molecular formula is C13H17FN4S. The molecule has 1 aromatic heterocycles. The van der Waals surface area contributed by atoms with Crippen molar-refractivity contribution in [3.63, 3.8) is 0 Å². The molecule has 1 heterocycles. The average molecular weight is 280 g/mol. The summed E-state index contributed by atoms with van der Waals surface area (Å²) in [6.07, 6.45) is 1.34. The van der Waals surface area contributed by atoms with Gasteiger partial charge in [0.25, 0.3) is 0 Å². The predicted molar refractivity (Wildman–Crippen MR) is 75.9 cm³/mol. The highest BCUT2D eigenvalue weighted by atomic mass is 32.1. The molecule has 4 nitrogen and oxygen atoms in total. The van der Waals surface area contributed by atoms with Gasteiger partial charge in [-0.1, -0.05) is 25.1 Å². The predicted octanol–water partition coefficient (Wildman–Crippen LogP) is 2.42. The van der Waals surface area contributed by atoms with Crippen LogP contribution in [-0.4, -0.2) is 21.9 Å². The molecule has 0 spiro atoms. The summed E-state index contributed by atoms with van der Waals surface area (Å²) in [5, 5.41) is 3.96. The van der Waals surface area contributed by atoms with Crippen molar-refractivity contribution in [2.24, 2.45) is 5.73 Å². The third-order valence-corrected chi connectivity index (χ3v) is 3.56. The normalized spacial score (nSPS) is 12.4. The lowest BCUT2D eigenvalue weighted by Gasteiger charge is -2.12. The Balaban J connectivity index is 2.03. The molecule has 1 unspecified atom stereocenters. The fraction of sp³-hybridized carbons (Fsp3) is 0.385. The van der Waals surface area contributed by atoms with Crippen LogP contribution in [0.2, 0.25) is 0 Å². The molecule has 0 bridgehead atoms. The molecule has 0 amide bonds. The number of halogens is 1. The maximum atomic E-state index is 13.5. The van der Waals surface area contributed by atoms with Gasteiger partial charge < -0.3 is 11.1 Å². The van der Waals surface area contributed by atoms with Crippen LogP contribution < -0.4 is 11.1 Å². The zero-order chi connectivity index (χ0) is 13.7. The van der Waals surface area contributed by atoms with Gasteiger partial charge in [-0.3, -0.25) is 0 Å². The van der Waals surface area contributed by atoms with E-state index in [-0.39, 0.29) is 11.9 Å². The van der Waals surface area contributed by atoms with E-state index >= 15 is 0 Å². The van der Waals surface area contributed by atoms with Crippen molar-refractivity contribution in [2.45, 2.75) is 25.8 Å². The molecule has 6 heteroatoms. The van der Waals surface area contributed by atoms with Gasteiger partial charge in [-0.05, 0) is 18.1 Å². The van der Waals surface area contributed by atoms with E-state index in [1.54, 1.807) is 12.1 Å². The molecule has 0 saturated heterocycles. The van der Waals surface area contributed by atoms with Gasteiger partial charge in [0.1, 0.15) is 11.6 Å². The Kier molecular flexibility index (Phi) is 4.81. The van der Waals surface area contributed by atoms with Crippen molar-refractivity contribution in [1.82, 2.24) is 9.36 Å². The monoisotopic (exact) mass is 280 g/mol. The molecule has 0 aliphatic rings. The summed E-state index contributed by atoms with van der Waals surface area (Å²) in [4.78, 5) is 4.36. The maximum Gasteiger partial charge on any atom is 0.202 e. The summed E-state index contributed by atoms with van der Waals surface area (Å²) in [6, 6.07) is 6.88. The Bertz CT molecular complexity index is 525. The summed E-state index contributed by atoms with van der Waals surface area (Å²) in [6.45, 7) is 2.62. The number of anilines is 1. The highest BCUT2D eigenvalue weighted by Gasteiger charge is 2.10. The largest absolute Gasteiger partial charge is 0.356 e. The minimum atomic E-state index is -0.222. The lowest BCUT2D eigenvalue weighted by atomic mass is 10.1. The van der Waals surface area contributed by atoms with Crippen LogP contribution in [0.4, 0.5) is 9.52 Å². The van der Waals surface area contributed by atoms with Crippen LogP contribution in [-0.2, 0) is 6.42 Å². The summed E-state index contributed by atoms with van der Waals surface area (Å²) in [5.74, 6) is 0.407. The fourth-order valence-corrected chi connectivity index (χ4v) is 2.36. The minimum absolute atomic E-state index is 0.203. The Labute approximate surface area is 116 Å². The van der Waals surface area contributed by atoms with E-state index in [4.69, 9.17) is 5.73 Å². The van der Waals surface area contributed by atoms with Gasteiger partial charge in [0, 0.05) is 30.5 Å². The van der Waals surface area contributed by atoms with Gasteiger partial charge in [-0.15, -0.1) is 0 Å².